The van der Waals surface area contributed by atoms with E-state index in [9.17, 15) is 0 Å². The highest BCUT2D eigenvalue weighted by Crippen LogP contribution is 2.24. The molecule has 0 spiro atoms. The molecule has 1 aromatic heterocycles. The summed E-state index contributed by atoms with van der Waals surface area (Å²) in [6.45, 7) is 0.546. The fourth-order valence-electron chi connectivity index (χ4n) is 1.06. The van der Waals surface area contributed by atoms with E-state index in [1.165, 1.54) is 0 Å². The summed E-state index contributed by atoms with van der Waals surface area (Å²) in [6, 6.07) is 1.85. The highest BCUT2D eigenvalue weighted by atomic mass is 16.5. The number of nitrogens with two attached hydrogens (primary N) is 1. The quantitative estimate of drug-likeness (QED) is 0.591. The van der Waals surface area contributed by atoms with Crippen molar-refractivity contribution < 1.29 is 4.74 Å². The molecule has 56 valence electrons. The van der Waals surface area contributed by atoms with Crippen LogP contribution in [0.25, 0.3) is 5.70 Å². The van der Waals surface area contributed by atoms with Gasteiger partial charge in [-0.2, -0.15) is 0 Å². The topological polar surface area (TPSA) is 48.1 Å². The van der Waals surface area contributed by atoms with Gasteiger partial charge in [0.05, 0.1) is 6.20 Å². The molecule has 2 rings (SSSR count). The van der Waals surface area contributed by atoms with Crippen LogP contribution in [0.1, 0.15) is 5.56 Å². The van der Waals surface area contributed by atoms with E-state index in [2.05, 4.69) is 4.98 Å². The summed E-state index contributed by atoms with van der Waals surface area (Å²) in [5, 5.41) is 0. The molecule has 3 nitrogen and oxygen atoms in total. The Morgan fingerprint density at radius 1 is 1.55 bits per heavy atom. The summed E-state index contributed by atoms with van der Waals surface area (Å²) in [4.78, 5) is 3.92. The lowest BCUT2D eigenvalue weighted by Gasteiger charge is -2.14. The van der Waals surface area contributed by atoms with Gasteiger partial charge in [0.2, 0.25) is 0 Å². The number of nitrogens with zero attached hydrogens (tertiary/aromatic N) is 1. The van der Waals surface area contributed by atoms with Gasteiger partial charge in [0.25, 0.3) is 0 Å². The Kier molecular flexibility index (Phi) is 1.28. The molecule has 0 unspecified atom stereocenters. The molecule has 0 saturated carbocycles. The highest BCUT2D eigenvalue weighted by molar-refractivity contribution is 5.68. The van der Waals surface area contributed by atoms with E-state index in [4.69, 9.17) is 10.5 Å². The summed E-state index contributed by atoms with van der Waals surface area (Å²) in [5.41, 5.74) is 7.41. The predicted octanol–water partition coefficient (Wildman–Crippen LogP) is 0.774. The van der Waals surface area contributed by atoms with Crippen molar-refractivity contribution in [3.8, 4) is 5.75 Å². The summed E-state index contributed by atoms with van der Waals surface area (Å²) < 4.78 is 5.27. The molecule has 0 fully saturated rings. The van der Waals surface area contributed by atoms with Crippen molar-refractivity contribution in [3.05, 3.63) is 30.1 Å². The Bertz CT molecular complexity index is 307. The molecule has 3 heteroatoms. The van der Waals surface area contributed by atoms with Gasteiger partial charge in [-0.1, -0.05) is 0 Å². The van der Waals surface area contributed by atoms with Crippen molar-refractivity contribution in [2.45, 2.75) is 0 Å². The molecule has 0 saturated heterocycles. The Morgan fingerprint density at radius 3 is 3.27 bits per heavy atom. The van der Waals surface area contributed by atoms with Crippen LogP contribution in [0.15, 0.2) is 24.5 Å². The van der Waals surface area contributed by atoms with Crippen molar-refractivity contribution in [1.82, 2.24) is 4.98 Å². The first kappa shape index (κ1) is 6.22. The van der Waals surface area contributed by atoms with Crippen molar-refractivity contribution >= 4 is 5.70 Å². The minimum atomic E-state index is 0.546. The summed E-state index contributed by atoms with van der Waals surface area (Å²) in [7, 11) is 0. The maximum Gasteiger partial charge on any atom is 0.147 e. The van der Waals surface area contributed by atoms with Crippen LogP contribution in [0, 0.1) is 0 Å². The summed E-state index contributed by atoms with van der Waals surface area (Å²) in [5.74, 6) is 0.771. The lowest BCUT2D eigenvalue weighted by atomic mass is 10.1. The third-order valence-electron chi connectivity index (χ3n) is 1.64. The van der Waals surface area contributed by atoms with Crippen molar-refractivity contribution in [1.29, 1.82) is 0 Å². The van der Waals surface area contributed by atoms with Gasteiger partial charge in [-0.05, 0) is 12.1 Å². The lowest BCUT2D eigenvalue weighted by molar-refractivity contribution is 0.355. The number of hydrogen-bond acceptors (Lipinski definition) is 3. The predicted molar refractivity (Wildman–Crippen MR) is 41.9 cm³/mol. The van der Waals surface area contributed by atoms with Crippen LogP contribution in [0.3, 0.4) is 0 Å². The van der Waals surface area contributed by atoms with Gasteiger partial charge in [-0.15, -0.1) is 0 Å². The average Bonchev–Trinajstić information content (AvgIpc) is 2.06. The maximum absolute atomic E-state index is 5.70. The highest BCUT2D eigenvalue weighted by Gasteiger charge is 2.09. The van der Waals surface area contributed by atoms with Crippen molar-refractivity contribution in [3.63, 3.8) is 0 Å². The number of hydrogen-bond donors (Lipinski definition) is 1. The van der Waals surface area contributed by atoms with Crippen LogP contribution in [-0.2, 0) is 0 Å². The van der Waals surface area contributed by atoms with Crippen molar-refractivity contribution in [2.75, 3.05) is 6.61 Å². The first-order valence-corrected chi connectivity index (χ1v) is 3.41. The first-order chi connectivity index (χ1) is 5.38. The average molecular weight is 148 g/mol. The van der Waals surface area contributed by atoms with E-state index in [0.29, 0.717) is 6.61 Å². The molecule has 0 aliphatic carbocycles. The number of rotatable bonds is 0. The van der Waals surface area contributed by atoms with Gasteiger partial charge in [-0.3, -0.25) is 4.98 Å². The molecule has 1 aliphatic heterocycles. The van der Waals surface area contributed by atoms with Crippen LogP contribution in [0.2, 0.25) is 0 Å². The van der Waals surface area contributed by atoms with E-state index in [1.54, 1.807) is 12.4 Å². The SMILES string of the molecule is NC1=CCOc2cnccc21. The van der Waals surface area contributed by atoms with Crippen LogP contribution in [0.5, 0.6) is 5.75 Å². The molecule has 0 atom stereocenters. The van der Waals surface area contributed by atoms with E-state index in [1.807, 2.05) is 12.1 Å². The molecule has 2 N–H and O–H groups in total. The third kappa shape index (κ3) is 0.941. The Balaban J connectivity index is 2.56. The zero-order valence-electron chi connectivity index (χ0n) is 5.95. The smallest absolute Gasteiger partial charge is 0.147 e. The Morgan fingerprint density at radius 2 is 2.45 bits per heavy atom. The molecular formula is C8H8N2O. The molecule has 0 bridgehead atoms. The number of fused-ring (bicyclic) bond motifs is 1. The van der Waals surface area contributed by atoms with Gasteiger partial charge < -0.3 is 10.5 Å². The van der Waals surface area contributed by atoms with E-state index in [-0.39, 0.29) is 0 Å². The van der Waals surface area contributed by atoms with E-state index < -0.39 is 0 Å². The largest absolute Gasteiger partial charge is 0.487 e. The minimum Gasteiger partial charge on any atom is -0.487 e. The molecule has 0 aromatic carbocycles. The normalized spacial score (nSPS) is 14.7. The zero-order valence-corrected chi connectivity index (χ0v) is 5.95. The standard InChI is InChI=1S/C8H8N2O/c9-7-2-4-11-8-5-10-3-1-6(7)8/h1-3,5H,4,9H2. The van der Waals surface area contributed by atoms with E-state index >= 15 is 0 Å². The molecular weight excluding hydrogens is 140 g/mol. The Hall–Kier alpha value is -1.51. The number of aromatic nitrogens is 1. The van der Waals surface area contributed by atoms with Gasteiger partial charge in [0.1, 0.15) is 12.4 Å². The monoisotopic (exact) mass is 148 g/mol. The van der Waals surface area contributed by atoms with Crippen LogP contribution < -0.4 is 10.5 Å². The molecule has 11 heavy (non-hydrogen) atoms. The molecule has 1 aromatic rings. The summed E-state index contributed by atoms with van der Waals surface area (Å²) in [6.07, 6.45) is 5.23. The molecule has 0 amide bonds. The van der Waals surface area contributed by atoms with E-state index in [0.717, 1.165) is 17.0 Å². The van der Waals surface area contributed by atoms with Gasteiger partial charge in [-0.25, -0.2) is 0 Å². The fraction of sp³-hybridized carbons (Fsp3) is 0.125. The molecule has 0 radical (unpaired) electrons. The van der Waals surface area contributed by atoms with Crippen LogP contribution >= 0.6 is 0 Å². The molecule has 2 heterocycles. The van der Waals surface area contributed by atoms with Gasteiger partial charge in [0.15, 0.2) is 0 Å². The second-order valence-corrected chi connectivity index (χ2v) is 2.34. The third-order valence-corrected chi connectivity index (χ3v) is 1.64. The minimum absolute atomic E-state index is 0.546. The zero-order chi connectivity index (χ0) is 7.68. The lowest BCUT2D eigenvalue weighted by Crippen LogP contribution is -2.09. The summed E-state index contributed by atoms with van der Waals surface area (Å²) >= 11 is 0. The second-order valence-electron chi connectivity index (χ2n) is 2.34. The number of pyridine rings is 1. The molecule has 1 aliphatic rings. The fourth-order valence-corrected chi connectivity index (χ4v) is 1.06. The Labute approximate surface area is 64.5 Å². The first-order valence-electron chi connectivity index (χ1n) is 3.41. The maximum atomic E-state index is 5.70. The van der Waals surface area contributed by atoms with Crippen LogP contribution in [-0.4, -0.2) is 11.6 Å². The van der Waals surface area contributed by atoms with Crippen LogP contribution in [0.4, 0.5) is 0 Å². The second kappa shape index (κ2) is 2.27. The van der Waals surface area contributed by atoms with Gasteiger partial charge in [0, 0.05) is 17.5 Å². The number of ether oxygens (including phenoxy) is 1. The van der Waals surface area contributed by atoms with Gasteiger partial charge >= 0.3 is 0 Å². The van der Waals surface area contributed by atoms with Crippen molar-refractivity contribution in [2.24, 2.45) is 5.73 Å².